The molecule has 0 aliphatic carbocycles. The van der Waals surface area contributed by atoms with E-state index in [4.69, 9.17) is 32.7 Å². The van der Waals surface area contributed by atoms with Gasteiger partial charge in [-0.15, -0.1) is 0 Å². The van der Waals surface area contributed by atoms with E-state index >= 15 is 0 Å². The van der Waals surface area contributed by atoms with Crippen molar-refractivity contribution in [1.29, 1.82) is 0 Å². The molecule has 122 valence electrons. The molecule has 1 rings (SSSR count). The van der Waals surface area contributed by atoms with Crippen LogP contribution in [0.25, 0.3) is 0 Å². The van der Waals surface area contributed by atoms with Crippen molar-refractivity contribution in [2.45, 2.75) is 46.1 Å². The third-order valence-corrected chi connectivity index (χ3v) is 3.51. The molecule has 0 aliphatic heterocycles. The highest BCUT2D eigenvalue weighted by atomic mass is 35.5. The van der Waals surface area contributed by atoms with Gasteiger partial charge in [-0.2, -0.15) is 0 Å². The van der Waals surface area contributed by atoms with E-state index in [0.29, 0.717) is 19.4 Å². The van der Waals surface area contributed by atoms with Crippen LogP contribution < -0.4 is 9.47 Å². The van der Waals surface area contributed by atoms with E-state index in [0.717, 1.165) is 35.3 Å². The van der Waals surface area contributed by atoms with E-state index in [2.05, 4.69) is 6.92 Å². The minimum Gasteiger partial charge on any atom is -0.490 e. The Bertz CT molecular complexity index is 523. The Morgan fingerprint density at radius 2 is 2.09 bits per heavy atom. The Kier molecular flexibility index (Phi) is 8.36. The maximum Gasteiger partial charge on any atom is 0.126 e. The minimum atomic E-state index is -0.000966. The Hall–Kier alpha value is -1.19. The molecule has 1 atom stereocenters. The van der Waals surface area contributed by atoms with Gasteiger partial charge >= 0.3 is 0 Å². The molecule has 0 spiro atoms. The molecule has 0 aromatic heterocycles. The summed E-state index contributed by atoms with van der Waals surface area (Å²) in [5.41, 5.74) is 2.09. The van der Waals surface area contributed by atoms with Crippen molar-refractivity contribution in [2.24, 2.45) is 0 Å². The zero-order valence-corrected chi connectivity index (χ0v) is 14.7. The van der Waals surface area contributed by atoms with Gasteiger partial charge in [-0.05, 0) is 56.0 Å². The van der Waals surface area contributed by atoms with Crippen LogP contribution in [-0.2, 0) is 11.2 Å². The summed E-state index contributed by atoms with van der Waals surface area (Å²) in [4.78, 5) is 10.4. The predicted octanol–water partition coefficient (Wildman–Crippen LogP) is 5.00. The molecule has 0 saturated heterocycles. The van der Waals surface area contributed by atoms with Crippen LogP contribution in [0.1, 0.15) is 37.8 Å². The van der Waals surface area contributed by atoms with Gasteiger partial charge in [0.2, 0.25) is 0 Å². The number of halogens is 2. The van der Waals surface area contributed by atoms with Crippen LogP contribution in [0.2, 0.25) is 0 Å². The molecule has 0 N–H and O–H groups in total. The van der Waals surface area contributed by atoms with Gasteiger partial charge in [0.15, 0.2) is 0 Å². The van der Waals surface area contributed by atoms with Crippen LogP contribution in [-0.4, -0.2) is 19.0 Å². The Morgan fingerprint density at radius 3 is 2.68 bits per heavy atom. The molecule has 1 aromatic carbocycles. The van der Waals surface area contributed by atoms with Crippen molar-refractivity contribution < 1.29 is 14.3 Å². The third-order valence-electron chi connectivity index (χ3n) is 3.20. The largest absolute Gasteiger partial charge is 0.490 e. The zero-order valence-electron chi connectivity index (χ0n) is 13.2. The smallest absolute Gasteiger partial charge is 0.126 e. The van der Waals surface area contributed by atoms with Gasteiger partial charge in [0.1, 0.15) is 28.9 Å². The van der Waals surface area contributed by atoms with E-state index in [1.54, 1.807) is 6.08 Å². The quantitative estimate of drug-likeness (QED) is 0.591. The second kappa shape index (κ2) is 9.75. The number of hydrogen-bond donors (Lipinski definition) is 0. The fourth-order valence-corrected chi connectivity index (χ4v) is 2.22. The number of aryl methyl sites for hydroxylation is 2. The first-order valence-electron chi connectivity index (χ1n) is 7.35. The topological polar surface area (TPSA) is 35.5 Å². The van der Waals surface area contributed by atoms with Gasteiger partial charge in [-0.1, -0.05) is 30.1 Å². The van der Waals surface area contributed by atoms with Crippen LogP contribution in [0, 0.1) is 6.92 Å². The number of carbonyl (C=O) groups excluding carboxylic acids is 1. The van der Waals surface area contributed by atoms with Crippen molar-refractivity contribution in [3.8, 4) is 11.5 Å². The van der Waals surface area contributed by atoms with Crippen molar-refractivity contribution in [1.82, 2.24) is 0 Å². The second-order valence-corrected chi connectivity index (χ2v) is 6.07. The number of hydrogen-bond acceptors (Lipinski definition) is 3. The maximum absolute atomic E-state index is 10.4. The molecule has 0 fully saturated rings. The van der Waals surface area contributed by atoms with Gasteiger partial charge in [0, 0.05) is 6.42 Å². The summed E-state index contributed by atoms with van der Waals surface area (Å²) in [5.74, 6) is 1.63. The van der Waals surface area contributed by atoms with Gasteiger partial charge in [-0.3, -0.25) is 0 Å². The molecular weight excluding hydrogens is 323 g/mol. The van der Waals surface area contributed by atoms with Crippen LogP contribution in [0.5, 0.6) is 11.5 Å². The molecular formula is C17H22Cl2O3. The summed E-state index contributed by atoms with van der Waals surface area (Å²) >= 11 is 11.1. The lowest BCUT2D eigenvalue weighted by Gasteiger charge is -2.19. The summed E-state index contributed by atoms with van der Waals surface area (Å²) in [5, 5.41) is 0. The number of benzene rings is 1. The average Bonchev–Trinajstić information content (AvgIpc) is 2.47. The van der Waals surface area contributed by atoms with E-state index in [1.807, 2.05) is 26.0 Å². The fourth-order valence-electron chi connectivity index (χ4n) is 2.09. The van der Waals surface area contributed by atoms with E-state index in [9.17, 15) is 4.79 Å². The summed E-state index contributed by atoms with van der Waals surface area (Å²) in [7, 11) is 0. The SMILES string of the molecule is CCc1cc(OCC=C(Cl)Cl)cc(C)c1OC(C)CCC=O. The first kappa shape index (κ1) is 18.9. The lowest BCUT2D eigenvalue weighted by atomic mass is 10.1. The van der Waals surface area contributed by atoms with Crippen LogP contribution in [0.3, 0.4) is 0 Å². The second-order valence-electron chi connectivity index (χ2n) is 5.06. The summed E-state index contributed by atoms with van der Waals surface area (Å²) in [6.07, 6.45) is 4.56. The molecule has 5 heteroatoms. The highest BCUT2D eigenvalue weighted by molar-refractivity contribution is 6.55. The zero-order chi connectivity index (χ0) is 16.5. The molecule has 0 bridgehead atoms. The third kappa shape index (κ3) is 6.29. The van der Waals surface area contributed by atoms with Gasteiger partial charge in [0.05, 0.1) is 6.10 Å². The van der Waals surface area contributed by atoms with Crippen LogP contribution in [0.15, 0.2) is 22.7 Å². The molecule has 0 amide bonds. The van der Waals surface area contributed by atoms with Gasteiger partial charge < -0.3 is 14.3 Å². The van der Waals surface area contributed by atoms with Gasteiger partial charge in [-0.25, -0.2) is 0 Å². The number of ether oxygens (including phenoxy) is 2. The van der Waals surface area contributed by atoms with Gasteiger partial charge in [0.25, 0.3) is 0 Å². The molecule has 0 heterocycles. The Morgan fingerprint density at radius 1 is 1.36 bits per heavy atom. The highest BCUT2D eigenvalue weighted by Crippen LogP contribution is 2.31. The number of aldehydes is 1. The normalized spacial score (nSPS) is 11.7. The predicted molar refractivity (Wildman–Crippen MR) is 91.2 cm³/mol. The van der Waals surface area contributed by atoms with Crippen molar-refractivity contribution in [3.63, 3.8) is 0 Å². The minimum absolute atomic E-state index is 0.000966. The Balaban J connectivity index is 2.85. The summed E-state index contributed by atoms with van der Waals surface area (Å²) in [6.45, 7) is 6.34. The average molecular weight is 345 g/mol. The molecule has 22 heavy (non-hydrogen) atoms. The number of carbonyl (C=O) groups is 1. The summed E-state index contributed by atoms with van der Waals surface area (Å²) < 4.78 is 11.8. The van der Waals surface area contributed by atoms with E-state index in [1.165, 1.54) is 0 Å². The Labute approximate surface area is 142 Å². The highest BCUT2D eigenvalue weighted by Gasteiger charge is 2.12. The van der Waals surface area contributed by atoms with Crippen molar-refractivity contribution >= 4 is 29.5 Å². The molecule has 0 radical (unpaired) electrons. The summed E-state index contributed by atoms with van der Waals surface area (Å²) in [6, 6.07) is 3.89. The van der Waals surface area contributed by atoms with Crippen molar-refractivity contribution in [3.05, 3.63) is 33.8 Å². The fraction of sp³-hybridized carbons (Fsp3) is 0.471. The first-order valence-corrected chi connectivity index (χ1v) is 8.11. The lowest BCUT2D eigenvalue weighted by molar-refractivity contribution is -0.108. The van der Waals surface area contributed by atoms with Crippen molar-refractivity contribution in [2.75, 3.05) is 6.61 Å². The molecule has 3 nitrogen and oxygen atoms in total. The molecule has 0 aliphatic rings. The molecule has 1 unspecified atom stereocenters. The van der Waals surface area contributed by atoms with E-state index in [-0.39, 0.29) is 10.6 Å². The number of rotatable bonds is 9. The maximum atomic E-state index is 10.4. The van der Waals surface area contributed by atoms with Crippen LogP contribution >= 0.6 is 23.2 Å². The van der Waals surface area contributed by atoms with E-state index < -0.39 is 0 Å². The van der Waals surface area contributed by atoms with Crippen LogP contribution in [0.4, 0.5) is 0 Å². The standard InChI is InChI=1S/C17H22Cl2O3/c1-4-14-11-15(21-9-7-16(18)19)10-12(2)17(14)22-13(3)6-5-8-20/h7-8,10-11,13H,4-6,9H2,1-3H3. The lowest BCUT2D eigenvalue weighted by Crippen LogP contribution is -2.14. The molecule has 1 aromatic rings. The molecule has 0 saturated carbocycles. The monoisotopic (exact) mass is 344 g/mol. The first-order chi connectivity index (χ1) is 10.5.